The van der Waals surface area contributed by atoms with E-state index in [4.69, 9.17) is 0 Å². The summed E-state index contributed by atoms with van der Waals surface area (Å²) in [5.41, 5.74) is 5.83. The topological polar surface area (TPSA) is 45.4 Å². The van der Waals surface area contributed by atoms with E-state index < -0.39 is 7.12 Å². The van der Waals surface area contributed by atoms with Gasteiger partial charge in [0.25, 0.3) is 0 Å². The first-order valence-corrected chi connectivity index (χ1v) is 9.29. The van der Waals surface area contributed by atoms with E-state index in [2.05, 4.69) is 34.9 Å². The molecule has 0 fully saturated rings. The van der Waals surface area contributed by atoms with Crippen molar-refractivity contribution in [1.29, 1.82) is 0 Å². The molecular formula is C24H18BNO2. The van der Waals surface area contributed by atoms with Crippen molar-refractivity contribution in [2.45, 2.75) is 0 Å². The minimum absolute atomic E-state index is 0.518. The van der Waals surface area contributed by atoms with Gasteiger partial charge < -0.3 is 14.6 Å². The van der Waals surface area contributed by atoms with Gasteiger partial charge in [-0.25, -0.2) is 0 Å². The lowest BCUT2D eigenvalue weighted by atomic mass is 9.77. The van der Waals surface area contributed by atoms with Gasteiger partial charge in [0.15, 0.2) is 0 Å². The van der Waals surface area contributed by atoms with Crippen LogP contribution in [0.4, 0.5) is 0 Å². The molecule has 0 atom stereocenters. The van der Waals surface area contributed by atoms with Crippen molar-refractivity contribution in [2.24, 2.45) is 0 Å². The fourth-order valence-corrected chi connectivity index (χ4v) is 4.05. The predicted molar refractivity (Wildman–Crippen MR) is 116 cm³/mol. The fraction of sp³-hybridized carbons (Fsp3) is 0. The van der Waals surface area contributed by atoms with Crippen molar-refractivity contribution in [3.05, 3.63) is 97.1 Å². The normalized spacial score (nSPS) is 11.2. The van der Waals surface area contributed by atoms with E-state index in [0.717, 1.165) is 38.6 Å². The van der Waals surface area contributed by atoms with Crippen molar-refractivity contribution in [3.63, 3.8) is 0 Å². The highest BCUT2D eigenvalue weighted by Crippen LogP contribution is 2.35. The second kappa shape index (κ2) is 6.68. The second-order valence-corrected chi connectivity index (χ2v) is 6.85. The van der Waals surface area contributed by atoms with Crippen molar-refractivity contribution in [1.82, 2.24) is 4.57 Å². The van der Waals surface area contributed by atoms with Crippen LogP contribution in [0.2, 0.25) is 0 Å². The number of nitrogens with zero attached hydrogens (tertiary/aromatic N) is 1. The molecule has 28 heavy (non-hydrogen) atoms. The summed E-state index contributed by atoms with van der Waals surface area (Å²) >= 11 is 0. The van der Waals surface area contributed by atoms with Gasteiger partial charge >= 0.3 is 7.12 Å². The Kier molecular flexibility index (Phi) is 4.01. The molecule has 134 valence electrons. The molecule has 0 bridgehead atoms. The Morgan fingerprint density at radius 2 is 1.29 bits per heavy atom. The van der Waals surface area contributed by atoms with E-state index in [1.807, 2.05) is 60.7 Å². The summed E-state index contributed by atoms with van der Waals surface area (Å²) in [6.07, 6.45) is 0. The standard InChI is InChI=1S/C24H18BNO2/c27-25(28)20-13-8-16-23-24(20)19-12-5-7-15-22(19)26(23)21-14-6-4-11-18(21)17-9-2-1-3-10-17/h1-16,27-28H. The van der Waals surface area contributed by atoms with Gasteiger partial charge in [0.1, 0.15) is 0 Å². The van der Waals surface area contributed by atoms with Crippen LogP contribution < -0.4 is 5.46 Å². The molecule has 4 aromatic carbocycles. The highest BCUT2D eigenvalue weighted by atomic mass is 16.4. The summed E-state index contributed by atoms with van der Waals surface area (Å²) in [4.78, 5) is 0. The summed E-state index contributed by atoms with van der Waals surface area (Å²) < 4.78 is 2.21. The number of rotatable bonds is 3. The van der Waals surface area contributed by atoms with Crippen LogP contribution in [0.25, 0.3) is 38.6 Å². The SMILES string of the molecule is OB(O)c1cccc2c1c1ccccc1n2-c1ccccc1-c1ccccc1. The molecule has 0 aliphatic rings. The highest BCUT2D eigenvalue weighted by Gasteiger charge is 2.21. The maximum Gasteiger partial charge on any atom is 0.489 e. The Morgan fingerprint density at radius 3 is 2.11 bits per heavy atom. The van der Waals surface area contributed by atoms with Crippen LogP contribution in [0.3, 0.4) is 0 Å². The third-order valence-corrected chi connectivity index (χ3v) is 5.24. The minimum atomic E-state index is -1.52. The number of hydrogen-bond acceptors (Lipinski definition) is 2. The zero-order valence-electron chi connectivity index (χ0n) is 15.2. The van der Waals surface area contributed by atoms with Gasteiger partial charge in [-0.3, -0.25) is 0 Å². The third kappa shape index (κ3) is 2.54. The molecule has 4 heteroatoms. The molecule has 0 aliphatic carbocycles. The minimum Gasteiger partial charge on any atom is -0.423 e. The first-order chi connectivity index (χ1) is 13.8. The van der Waals surface area contributed by atoms with Crippen LogP contribution in [0, 0.1) is 0 Å². The fourth-order valence-electron chi connectivity index (χ4n) is 4.05. The van der Waals surface area contributed by atoms with Crippen molar-refractivity contribution < 1.29 is 10.0 Å². The number of para-hydroxylation sites is 2. The molecule has 5 rings (SSSR count). The molecular weight excluding hydrogens is 345 g/mol. The quantitative estimate of drug-likeness (QED) is 0.474. The number of aromatic nitrogens is 1. The molecule has 5 aromatic rings. The van der Waals surface area contributed by atoms with E-state index in [9.17, 15) is 10.0 Å². The summed E-state index contributed by atoms with van der Waals surface area (Å²) in [5, 5.41) is 21.8. The summed E-state index contributed by atoms with van der Waals surface area (Å²) in [6, 6.07) is 32.4. The molecule has 0 aliphatic heterocycles. The maximum absolute atomic E-state index is 9.94. The number of benzene rings is 4. The number of hydrogen-bond donors (Lipinski definition) is 2. The number of fused-ring (bicyclic) bond motifs is 3. The smallest absolute Gasteiger partial charge is 0.423 e. The molecule has 1 aromatic heterocycles. The van der Waals surface area contributed by atoms with E-state index in [0.29, 0.717) is 5.46 Å². The highest BCUT2D eigenvalue weighted by molar-refractivity contribution is 6.63. The molecule has 0 saturated heterocycles. The Labute approximate surface area is 163 Å². The second-order valence-electron chi connectivity index (χ2n) is 6.85. The van der Waals surface area contributed by atoms with Gasteiger partial charge in [0, 0.05) is 16.3 Å². The maximum atomic E-state index is 9.94. The summed E-state index contributed by atoms with van der Waals surface area (Å²) in [5.74, 6) is 0. The molecule has 2 N–H and O–H groups in total. The summed E-state index contributed by atoms with van der Waals surface area (Å²) in [7, 11) is -1.52. The Morgan fingerprint density at radius 1 is 0.607 bits per heavy atom. The Hall–Kier alpha value is -3.34. The molecule has 0 spiro atoms. The lowest BCUT2D eigenvalue weighted by molar-refractivity contribution is 0.426. The van der Waals surface area contributed by atoms with E-state index in [1.165, 1.54) is 0 Å². The van der Waals surface area contributed by atoms with Gasteiger partial charge in [-0.1, -0.05) is 78.9 Å². The molecule has 0 radical (unpaired) electrons. The van der Waals surface area contributed by atoms with Crippen molar-refractivity contribution >= 4 is 34.4 Å². The molecule has 0 saturated carbocycles. The first-order valence-electron chi connectivity index (χ1n) is 9.29. The third-order valence-electron chi connectivity index (χ3n) is 5.24. The van der Waals surface area contributed by atoms with E-state index in [1.54, 1.807) is 6.07 Å². The van der Waals surface area contributed by atoms with Crippen LogP contribution in [0.5, 0.6) is 0 Å². The Balaban J connectivity index is 1.93. The lowest BCUT2D eigenvalue weighted by Gasteiger charge is -2.14. The predicted octanol–water partition coefficient (Wildman–Crippen LogP) is 4.13. The van der Waals surface area contributed by atoms with Gasteiger partial charge in [0.05, 0.1) is 16.7 Å². The monoisotopic (exact) mass is 363 g/mol. The van der Waals surface area contributed by atoms with Gasteiger partial charge in [-0.2, -0.15) is 0 Å². The first kappa shape index (κ1) is 16.8. The molecule has 0 unspecified atom stereocenters. The molecule has 1 heterocycles. The van der Waals surface area contributed by atoms with Crippen LogP contribution in [-0.4, -0.2) is 21.7 Å². The van der Waals surface area contributed by atoms with E-state index in [-0.39, 0.29) is 0 Å². The van der Waals surface area contributed by atoms with Crippen LogP contribution in [-0.2, 0) is 0 Å². The van der Waals surface area contributed by atoms with Crippen LogP contribution in [0.1, 0.15) is 0 Å². The molecule has 0 amide bonds. The Bertz CT molecular complexity index is 1290. The zero-order valence-corrected chi connectivity index (χ0v) is 15.2. The molecule has 3 nitrogen and oxygen atoms in total. The van der Waals surface area contributed by atoms with Crippen molar-refractivity contribution in [2.75, 3.05) is 0 Å². The van der Waals surface area contributed by atoms with Crippen LogP contribution >= 0.6 is 0 Å². The largest absolute Gasteiger partial charge is 0.489 e. The van der Waals surface area contributed by atoms with Crippen molar-refractivity contribution in [3.8, 4) is 16.8 Å². The van der Waals surface area contributed by atoms with Gasteiger partial charge in [-0.15, -0.1) is 0 Å². The average molecular weight is 363 g/mol. The van der Waals surface area contributed by atoms with E-state index >= 15 is 0 Å². The average Bonchev–Trinajstić information content (AvgIpc) is 3.08. The summed E-state index contributed by atoms with van der Waals surface area (Å²) in [6.45, 7) is 0. The lowest BCUT2D eigenvalue weighted by Crippen LogP contribution is -2.30. The van der Waals surface area contributed by atoms with Gasteiger partial charge in [-0.05, 0) is 29.2 Å². The van der Waals surface area contributed by atoms with Gasteiger partial charge in [0.2, 0.25) is 0 Å². The zero-order chi connectivity index (χ0) is 19.1. The van der Waals surface area contributed by atoms with Crippen LogP contribution in [0.15, 0.2) is 97.1 Å².